The van der Waals surface area contributed by atoms with Crippen LogP contribution < -0.4 is 17.2 Å². The molecule has 0 aliphatic rings. The molecule has 0 saturated heterocycles. The van der Waals surface area contributed by atoms with Gasteiger partial charge < -0.3 is 57.0 Å². The van der Waals surface area contributed by atoms with E-state index >= 15 is 0 Å². The second-order valence-electron chi connectivity index (χ2n) is 9.02. The van der Waals surface area contributed by atoms with Gasteiger partial charge in [-0.05, 0) is 65.6 Å². The second-order valence-corrected chi connectivity index (χ2v) is 17.8. The van der Waals surface area contributed by atoms with Crippen molar-refractivity contribution < 1.29 is 39.8 Å². The van der Waals surface area contributed by atoms with Gasteiger partial charge in [-0.1, -0.05) is 0 Å². The first kappa shape index (κ1) is 37.2. The summed E-state index contributed by atoms with van der Waals surface area (Å²) in [5.74, 6) is 0. The van der Waals surface area contributed by atoms with Gasteiger partial charge in [0, 0.05) is 73.0 Å². The van der Waals surface area contributed by atoms with E-state index in [4.69, 9.17) is 57.0 Å². The molecule has 2 unspecified atom stereocenters. The van der Waals surface area contributed by atoms with Crippen LogP contribution in [0, 0.1) is 0 Å². The number of nitrogens with two attached hydrogens (primary N) is 3. The van der Waals surface area contributed by atoms with Crippen LogP contribution in [0.25, 0.3) is 0 Å². The van der Waals surface area contributed by atoms with E-state index in [0.29, 0.717) is 50.6 Å². The van der Waals surface area contributed by atoms with Crippen LogP contribution in [0.3, 0.4) is 0 Å². The molecule has 15 heteroatoms. The molecule has 0 rings (SSSR count). The SMILES string of the molecule is CO[Si](CCCN)(OC)OC(C)CC(CC(C)O[Si](CCCN)(OC)OC)O[Si](CCCN)(OC)OC. The lowest BCUT2D eigenvalue weighted by molar-refractivity contribution is -0.0132. The van der Waals surface area contributed by atoms with Crippen molar-refractivity contribution in [3.8, 4) is 0 Å². The molecule has 0 radical (unpaired) electrons. The molecule has 12 nitrogen and oxygen atoms in total. The number of hydrogen-bond donors (Lipinski definition) is 3. The Morgan fingerprint density at radius 2 is 0.757 bits per heavy atom. The number of hydrogen-bond acceptors (Lipinski definition) is 12. The molecular weight excluding hydrogens is 535 g/mol. The topological polar surface area (TPSA) is 161 Å². The summed E-state index contributed by atoms with van der Waals surface area (Å²) in [6, 6.07) is 1.87. The Bertz CT molecular complexity index is 527. The predicted octanol–water partition coefficient (Wildman–Crippen LogP) is 1.70. The standard InChI is InChI=1S/C22H55N3O9Si3/c1-20(32-35(26-3,27-4)15-9-12-23)18-22(34-37(30-7,31-8)17-11-14-25)19-21(2)33-36(28-5,29-6)16-10-13-24/h20-22H,9-19,23-25H2,1-8H3. The highest BCUT2D eigenvalue weighted by atomic mass is 28.4. The van der Waals surface area contributed by atoms with Gasteiger partial charge in [0.25, 0.3) is 0 Å². The van der Waals surface area contributed by atoms with Crippen LogP contribution in [-0.4, -0.2) is 107 Å². The van der Waals surface area contributed by atoms with E-state index in [1.807, 2.05) is 13.8 Å². The lowest BCUT2D eigenvalue weighted by Crippen LogP contribution is -2.51. The monoisotopic (exact) mass is 589 g/mol. The molecule has 0 aromatic rings. The zero-order chi connectivity index (χ0) is 28.4. The minimum atomic E-state index is -2.98. The van der Waals surface area contributed by atoms with Gasteiger partial charge in [0.05, 0.1) is 6.10 Å². The van der Waals surface area contributed by atoms with Crippen LogP contribution in [0.5, 0.6) is 0 Å². The summed E-state index contributed by atoms with van der Waals surface area (Å²) < 4.78 is 54.0. The zero-order valence-electron chi connectivity index (χ0n) is 24.4. The minimum absolute atomic E-state index is 0.236. The van der Waals surface area contributed by atoms with E-state index in [1.165, 1.54) is 0 Å². The second kappa shape index (κ2) is 20.1. The van der Waals surface area contributed by atoms with Crippen LogP contribution in [-0.2, 0) is 39.8 Å². The highest BCUT2D eigenvalue weighted by Gasteiger charge is 2.45. The van der Waals surface area contributed by atoms with Crippen molar-refractivity contribution in [1.29, 1.82) is 0 Å². The molecule has 0 aromatic carbocycles. The normalized spacial score (nSPS) is 15.6. The third kappa shape index (κ3) is 13.4. The molecule has 0 aliphatic heterocycles. The molecule has 0 saturated carbocycles. The summed E-state index contributed by atoms with van der Waals surface area (Å²) in [5, 5.41) is 0. The first-order valence-corrected chi connectivity index (χ1v) is 18.9. The maximum absolute atomic E-state index is 6.61. The van der Waals surface area contributed by atoms with Gasteiger partial charge in [-0.25, -0.2) is 0 Å². The predicted molar refractivity (Wildman–Crippen MR) is 150 cm³/mol. The summed E-state index contributed by atoms with van der Waals surface area (Å²) >= 11 is 0. The molecule has 0 amide bonds. The van der Waals surface area contributed by atoms with Crippen LogP contribution in [0.2, 0.25) is 18.1 Å². The number of rotatable bonds is 25. The highest BCUT2D eigenvalue weighted by Crippen LogP contribution is 2.28. The van der Waals surface area contributed by atoms with Crippen molar-refractivity contribution in [2.45, 2.75) is 82.4 Å². The van der Waals surface area contributed by atoms with E-state index in [9.17, 15) is 0 Å². The molecule has 0 aromatic heterocycles. The maximum Gasteiger partial charge on any atom is 0.500 e. The minimum Gasteiger partial charge on any atom is -0.377 e. The van der Waals surface area contributed by atoms with Gasteiger partial charge in [-0.15, -0.1) is 0 Å². The molecule has 2 atom stereocenters. The first-order valence-electron chi connectivity index (χ1n) is 13.1. The van der Waals surface area contributed by atoms with Crippen molar-refractivity contribution in [2.75, 3.05) is 62.3 Å². The molecule has 0 heterocycles. The van der Waals surface area contributed by atoms with Gasteiger partial charge in [-0.3, -0.25) is 0 Å². The molecule has 224 valence electrons. The Balaban J connectivity index is 5.79. The van der Waals surface area contributed by atoms with E-state index < -0.39 is 26.4 Å². The fraction of sp³-hybridized carbons (Fsp3) is 1.00. The van der Waals surface area contributed by atoms with E-state index in [2.05, 4.69) is 0 Å². The molecule has 0 fully saturated rings. The van der Waals surface area contributed by atoms with Crippen LogP contribution >= 0.6 is 0 Å². The fourth-order valence-electron chi connectivity index (χ4n) is 4.18. The highest BCUT2D eigenvalue weighted by molar-refractivity contribution is 6.61. The van der Waals surface area contributed by atoms with Crippen molar-refractivity contribution in [2.24, 2.45) is 17.2 Å². The molecule has 0 aliphatic carbocycles. The van der Waals surface area contributed by atoms with Gasteiger partial charge >= 0.3 is 26.4 Å². The van der Waals surface area contributed by atoms with E-state index in [0.717, 1.165) is 19.3 Å². The molecule has 6 N–H and O–H groups in total. The van der Waals surface area contributed by atoms with Crippen molar-refractivity contribution in [3.63, 3.8) is 0 Å². The lowest BCUT2D eigenvalue weighted by atomic mass is 10.1. The van der Waals surface area contributed by atoms with Gasteiger partial charge in [0.1, 0.15) is 0 Å². The summed E-state index contributed by atoms with van der Waals surface area (Å²) in [5.41, 5.74) is 17.2. The maximum atomic E-state index is 6.61. The smallest absolute Gasteiger partial charge is 0.377 e. The fourth-order valence-corrected chi connectivity index (χ4v) is 10.9. The first-order chi connectivity index (χ1) is 17.6. The van der Waals surface area contributed by atoms with Crippen molar-refractivity contribution >= 4 is 26.4 Å². The van der Waals surface area contributed by atoms with Gasteiger partial charge in [0.15, 0.2) is 0 Å². The van der Waals surface area contributed by atoms with Crippen molar-refractivity contribution in [1.82, 2.24) is 0 Å². The summed E-state index contributed by atoms with van der Waals surface area (Å²) in [6.07, 6.45) is 2.53. The van der Waals surface area contributed by atoms with E-state index in [-0.39, 0.29) is 18.3 Å². The van der Waals surface area contributed by atoms with Gasteiger partial charge in [-0.2, -0.15) is 0 Å². The molecular formula is C22H55N3O9Si3. The Morgan fingerprint density at radius 1 is 0.486 bits per heavy atom. The van der Waals surface area contributed by atoms with Gasteiger partial charge in [0.2, 0.25) is 0 Å². The summed E-state index contributed by atoms with van der Waals surface area (Å²) in [4.78, 5) is 0. The third-order valence-electron chi connectivity index (χ3n) is 6.22. The Hall–Kier alpha value is 0.171. The Kier molecular flexibility index (Phi) is 20.2. The van der Waals surface area contributed by atoms with Crippen LogP contribution in [0.15, 0.2) is 0 Å². The molecule has 0 bridgehead atoms. The Labute approximate surface area is 228 Å². The largest absolute Gasteiger partial charge is 0.500 e. The van der Waals surface area contributed by atoms with Crippen molar-refractivity contribution in [3.05, 3.63) is 0 Å². The lowest BCUT2D eigenvalue weighted by Gasteiger charge is -2.36. The summed E-state index contributed by atoms with van der Waals surface area (Å²) in [6.45, 7) is 5.55. The average molecular weight is 590 g/mol. The zero-order valence-corrected chi connectivity index (χ0v) is 27.4. The average Bonchev–Trinajstić information content (AvgIpc) is 2.91. The summed E-state index contributed by atoms with van der Waals surface area (Å²) in [7, 11) is 0.964. The third-order valence-corrected chi connectivity index (χ3v) is 15.1. The quantitative estimate of drug-likeness (QED) is 0.132. The Morgan fingerprint density at radius 3 is 1.00 bits per heavy atom. The molecule has 0 spiro atoms. The van der Waals surface area contributed by atoms with Crippen LogP contribution in [0.4, 0.5) is 0 Å². The van der Waals surface area contributed by atoms with Crippen LogP contribution in [0.1, 0.15) is 46.0 Å². The van der Waals surface area contributed by atoms with E-state index in [1.54, 1.807) is 42.7 Å². The molecule has 37 heavy (non-hydrogen) atoms.